The van der Waals surface area contributed by atoms with Gasteiger partial charge in [-0.25, -0.2) is 0 Å². The molecule has 2 unspecified atom stereocenters. The highest BCUT2D eigenvalue weighted by atomic mass is 16.5. The van der Waals surface area contributed by atoms with Crippen LogP contribution in [0.5, 0.6) is 0 Å². The number of hydrogen-bond acceptors (Lipinski definition) is 3. The molecule has 0 aromatic rings. The number of rotatable bonds is 4. The highest BCUT2D eigenvalue weighted by Gasteiger charge is 2.42. The first kappa shape index (κ1) is 12.4. The Balaban J connectivity index is 1.94. The smallest absolute Gasteiger partial charge is 0.305 e. The number of amides is 1. The van der Waals surface area contributed by atoms with Gasteiger partial charge in [0.2, 0.25) is 5.91 Å². The molecule has 2 aliphatic rings. The van der Waals surface area contributed by atoms with Gasteiger partial charge in [0.05, 0.1) is 24.0 Å². The third-order valence-corrected chi connectivity index (χ3v) is 3.90. The van der Waals surface area contributed by atoms with Gasteiger partial charge in [-0.05, 0) is 32.6 Å². The van der Waals surface area contributed by atoms with Crippen LogP contribution in [-0.4, -0.2) is 35.2 Å². The number of ether oxygens (including phenoxy) is 1. The molecule has 0 aromatic carbocycles. The predicted molar refractivity (Wildman–Crippen MR) is 60.5 cm³/mol. The quantitative estimate of drug-likeness (QED) is 0.767. The summed E-state index contributed by atoms with van der Waals surface area (Å²) in [5.41, 5.74) is -0.495. The third-order valence-electron chi connectivity index (χ3n) is 3.90. The second-order valence-corrected chi connectivity index (χ2v) is 5.16. The summed E-state index contributed by atoms with van der Waals surface area (Å²) >= 11 is 0. The largest absolute Gasteiger partial charge is 0.481 e. The van der Waals surface area contributed by atoms with Gasteiger partial charge in [-0.2, -0.15) is 0 Å². The Kier molecular flexibility index (Phi) is 3.38. The zero-order valence-electron chi connectivity index (χ0n) is 10.1. The minimum atomic E-state index is -0.847. The molecule has 2 fully saturated rings. The van der Waals surface area contributed by atoms with E-state index in [4.69, 9.17) is 9.84 Å². The van der Waals surface area contributed by atoms with E-state index in [9.17, 15) is 9.59 Å². The van der Waals surface area contributed by atoms with E-state index in [-0.39, 0.29) is 24.3 Å². The SMILES string of the molecule is CC1OCCC1C(=O)NC1(CC(=O)O)CCC1. The first-order chi connectivity index (χ1) is 8.02. The van der Waals surface area contributed by atoms with Crippen molar-refractivity contribution in [2.75, 3.05) is 6.61 Å². The van der Waals surface area contributed by atoms with Gasteiger partial charge in [0.1, 0.15) is 0 Å². The van der Waals surface area contributed by atoms with Crippen molar-refractivity contribution >= 4 is 11.9 Å². The van der Waals surface area contributed by atoms with Gasteiger partial charge in [0, 0.05) is 6.61 Å². The lowest BCUT2D eigenvalue weighted by Gasteiger charge is -2.42. The van der Waals surface area contributed by atoms with E-state index in [1.54, 1.807) is 0 Å². The number of aliphatic carboxylic acids is 1. The van der Waals surface area contributed by atoms with Gasteiger partial charge >= 0.3 is 5.97 Å². The van der Waals surface area contributed by atoms with Gasteiger partial charge in [0.15, 0.2) is 0 Å². The molecule has 2 atom stereocenters. The maximum atomic E-state index is 12.1. The molecule has 0 aromatic heterocycles. The number of carbonyl (C=O) groups excluding carboxylic acids is 1. The Labute approximate surface area is 101 Å². The maximum Gasteiger partial charge on any atom is 0.305 e. The minimum Gasteiger partial charge on any atom is -0.481 e. The van der Waals surface area contributed by atoms with Crippen LogP contribution in [0, 0.1) is 5.92 Å². The second-order valence-electron chi connectivity index (χ2n) is 5.16. The number of carboxylic acids is 1. The molecule has 1 saturated heterocycles. The molecule has 0 radical (unpaired) electrons. The van der Waals surface area contributed by atoms with Crippen molar-refractivity contribution in [1.29, 1.82) is 0 Å². The second kappa shape index (κ2) is 4.64. The molecule has 0 spiro atoms. The molecule has 1 heterocycles. The molecule has 0 bridgehead atoms. The fraction of sp³-hybridized carbons (Fsp3) is 0.833. The van der Waals surface area contributed by atoms with Crippen molar-refractivity contribution in [3.63, 3.8) is 0 Å². The zero-order chi connectivity index (χ0) is 12.5. The Bertz CT molecular complexity index is 324. The van der Waals surface area contributed by atoms with Gasteiger partial charge < -0.3 is 15.2 Å². The summed E-state index contributed by atoms with van der Waals surface area (Å²) in [5, 5.41) is 11.8. The van der Waals surface area contributed by atoms with Crippen molar-refractivity contribution < 1.29 is 19.4 Å². The summed E-state index contributed by atoms with van der Waals surface area (Å²) in [6.45, 7) is 2.51. The minimum absolute atomic E-state index is 0.0285. The van der Waals surface area contributed by atoms with Crippen molar-refractivity contribution in [2.45, 2.75) is 50.7 Å². The summed E-state index contributed by atoms with van der Waals surface area (Å²) in [5.74, 6) is -1.02. The number of carbonyl (C=O) groups is 2. The molecule has 1 aliphatic carbocycles. The fourth-order valence-corrected chi connectivity index (χ4v) is 2.67. The number of hydrogen-bond donors (Lipinski definition) is 2. The molecular formula is C12H19NO4. The van der Waals surface area contributed by atoms with Crippen LogP contribution in [0.4, 0.5) is 0 Å². The molecule has 17 heavy (non-hydrogen) atoms. The molecule has 2 N–H and O–H groups in total. The summed E-state index contributed by atoms with van der Waals surface area (Å²) in [6, 6.07) is 0. The van der Waals surface area contributed by atoms with E-state index in [0.717, 1.165) is 25.7 Å². The maximum absolute atomic E-state index is 12.1. The van der Waals surface area contributed by atoms with E-state index in [1.807, 2.05) is 6.92 Å². The molecule has 1 saturated carbocycles. The number of carboxylic acid groups (broad SMARTS) is 1. The molecule has 2 rings (SSSR count). The van der Waals surface area contributed by atoms with Gasteiger partial charge in [-0.15, -0.1) is 0 Å². The molecule has 1 amide bonds. The number of nitrogens with one attached hydrogen (secondary N) is 1. The summed E-state index contributed by atoms with van der Waals surface area (Å²) in [4.78, 5) is 22.9. The normalized spacial score (nSPS) is 30.6. The van der Waals surface area contributed by atoms with Crippen LogP contribution in [0.1, 0.15) is 39.0 Å². The van der Waals surface area contributed by atoms with Crippen LogP contribution in [-0.2, 0) is 14.3 Å². The lowest BCUT2D eigenvalue weighted by atomic mass is 9.74. The van der Waals surface area contributed by atoms with Crippen LogP contribution in [0.25, 0.3) is 0 Å². The molecule has 96 valence electrons. The van der Waals surface area contributed by atoms with Crippen LogP contribution in [0.3, 0.4) is 0 Å². The topological polar surface area (TPSA) is 75.6 Å². The average molecular weight is 241 g/mol. The molecule has 1 aliphatic heterocycles. The fourth-order valence-electron chi connectivity index (χ4n) is 2.67. The van der Waals surface area contributed by atoms with Gasteiger partial charge in [0.25, 0.3) is 0 Å². The van der Waals surface area contributed by atoms with Gasteiger partial charge in [-0.3, -0.25) is 9.59 Å². The first-order valence-corrected chi connectivity index (χ1v) is 6.18. The van der Waals surface area contributed by atoms with Crippen molar-refractivity contribution in [2.24, 2.45) is 5.92 Å². The Morgan fingerprint density at radius 2 is 2.18 bits per heavy atom. The summed E-state index contributed by atoms with van der Waals surface area (Å²) in [7, 11) is 0. The van der Waals surface area contributed by atoms with E-state index in [2.05, 4.69) is 5.32 Å². The first-order valence-electron chi connectivity index (χ1n) is 6.18. The summed E-state index contributed by atoms with van der Waals surface area (Å²) < 4.78 is 5.36. The Morgan fingerprint density at radius 1 is 1.47 bits per heavy atom. The standard InChI is InChI=1S/C12H19NO4/c1-8-9(3-6-17-8)11(16)13-12(4-2-5-12)7-10(14)15/h8-9H,2-7H2,1H3,(H,13,16)(H,14,15). The van der Waals surface area contributed by atoms with Crippen LogP contribution in [0.2, 0.25) is 0 Å². The van der Waals surface area contributed by atoms with Crippen LogP contribution in [0.15, 0.2) is 0 Å². The van der Waals surface area contributed by atoms with E-state index >= 15 is 0 Å². The Hall–Kier alpha value is -1.10. The highest BCUT2D eigenvalue weighted by molar-refractivity contribution is 5.81. The lowest BCUT2D eigenvalue weighted by molar-refractivity contribution is -0.141. The van der Waals surface area contributed by atoms with Crippen molar-refractivity contribution in [3.8, 4) is 0 Å². The third kappa shape index (κ3) is 2.60. The monoisotopic (exact) mass is 241 g/mol. The van der Waals surface area contributed by atoms with E-state index in [1.165, 1.54) is 0 Å². The lowest BCUT2D eigenvalue weighted by Crippen LogP contribution is -2.56. The predicted octanol–water partition coefficient (Wildman–Crippen LogP) is 0.925. The van der Waals surface area contributed by atoms with E-state index in [0.29, 0.717) is 6.61 Å². The van der Waals surface area contributed by atoms with E-state index < -0.39 is 11.5 Å². The van der Waals surface area contributed by atoms with Crippen LogP contribution < -0.4 is 5.32 Å². The molecule has 5 nitrogen and oxygen atoms in total. The average Bonchev–Trinajstić information content (AvgIpc) is 2.60. The molecule has 5 heteroatoms. The zero-order valence-corrected chi connectivity index (χ0v) is 10.1. The van der Waals surface area contributed by atoms with Crippen molar-refractivity contribution in [3.05, 3.63) is 0 Å². The highest BCUT2D eigenvalue weighted by Crippen LogP contribution is 2.35. The summed E-state index contributed by atoms with van der Waals surface area (Å²) in [6.07, 6.45) is 3.23. The Morgan fingerprint density at radius 3 is 2.59 bits per heavy atom. The molecular weight excluding hydrogens is 222 g/mol. The van der Waals surface area contributed by atoms with Crippen molar-refractivity contribution in [1.82, 2.24) is 5.32 Å². The van der Waals surface area contributed by atoms with Crippen LogP contribution >= 0.6 is 0 Å². The van der Waals surface area contributed by atoms with Gasteiger partial charge in [-0.1, -0.05) is 0 Å².